The molecule has 0 N–H and O–H groups in total. The number of rotatable bonds is 4. The van der Waals surface area contributed by atoms with Crippen molar-refractivity contribution in [2.75, 3.05) is 11.9 Å². The monoisotopic (exact) mass is 409 g/mol. The summed E-state index contributed by atoms with van der Waals surface area (Å²) in [7, 11) is 1.89. The molecule has 0 saturated heterocycles. The van der Waals surface area contributed by atoms with E-state index >= 15 is 0 Å². The molecule has 23 heavy (non-hydrogen) atoms. The Balaban J connectivity index is 1.90. The highest BCUT2D eigenvalue weighted by atomic mass is 79.9. The molecule has 8 heteroatoms. The number of anilines is 2. The number of hydrogen-bond acceptors (Lipinski definition) is 6. The largest absolute Gasteiger partial charge is 0.304 e. The van der Waals surface area contributed by atoms with Crippen molar-refractivity contribution in [1.82, 2.24) is 20.2 Å². The van der Waals surface area contributed by atoms with Gasteiger partial charge in [-0.25, -0.2) is 9.97 Å². The van der Waals surface area contributed by atoms with Crippen molar-refractivity contribution in [3.8, 4) is 10.6 Å². The molecule has 0 bridgehead atoms. The first-order chi connectivity index (χ1) is 11.1. The van der Waals surface area contributed by atoms with Crippen LogP contribution in [0.2, 0.25) is 5.15 Å². The van der Waals surface area contributed by atoms with Crippen LogP contribution in [0.1, 0.15) is 12.7 Å². The van der Waals surface area contributed by atoms with Crippen molar-refractivity contribution in [1.29, 1.82) is 0 Å². The van der Waals surface area contributed by atoms with E-state index in [0.29, 0.717) is 16.8 Å². The lowest BCUT2D eigenvalue weighted by Gasteiger charge is -2.14. The van der Waals surface area contributed by atoms with E-state index in [1.54, 1.807) is 6.07 Å². The van der Waals surface area contributed by atoms with Crippen molar-refractivity contribution in [2.45, 2.75) is 13.3 Å². The van der Waals surface area contributed by atoms with E-state index in [0.717, 1.165) is 26.6 Å². The fourth-order valence-electron chi connectivity index (χ4n) is 1.94. The Morgan fingerprint density at radius 2 is 1.91 bits per heavy atom. The number of aryl methyl sites for hydroxylation is 1. The van der Waals surface area contributed by atoms with E-state index in [1.165, 1.54) is 11.3 Å². The normalized spacial score (nSPS) is 10.8. The minimum Gasteiger partial charge on any atom is -0.304 e. The second-order valence-electron chi connectivity index (χ2n) is 4.77. The topological polar surface area (TPSA) is 54.8 Å². The van der Waals surface area contributed by atoms with Crippen LogP contribution >= 0.6 is 38.9 Å². The quantitative estimate of drug-likeness (QED) is 0.581. The maximum atomic E-state index is 6.06. The molecular formula is C15H13BrClN5S. The third-order valence-corrected chi connectivity index (χ3v) is 4.95. The van der Waals surface area contributed by atoms with Crippen LogP contribution in [0.5, 0.6) is 0 Å². The second-order valence-corrected chi connectivity index (χ2v) is 7.03. The van der Waals surface area contributed by atoms with Crippen LogP contribution in [-0.2, 0) is 6.42 Å². The number of hydrogen-bond donors (Lipinski definition) is 0. The number of benzene rings is 1. The van der Waals surface area contributed by atoms with E-state index in [9.17, 15) is 0 Å². The van der Waals surface area contributed by atoms with Gasteiger partial charge in [-0.3, -0.25) is 0 Å². The van der Waals surface area contributed by atoms with Crippen molar-refractivity contribution in [2.24, 2.45) is 0 Å². The predicted molar refractivity (Wildman–Crippen MR) is 97.5 cm³/mol. The molecule has 0 atom stereocenters. The van der Waals surface area contributed by atoms with Crippen molar-refractivity contribution >= 4 is 49.8 Å². The first kappa shape index (κ1) is 16.3. The van der Waals surface area contributed by atoms with Gasteiger partial charge in [0, 0.05) is 29.6 Å². The minimum absolute atomic E-state index is 0.427. The van der Waals surface area contributed by atoms with Crippen LogP contribution in [0.4, 0.5) is 10.9 Å². The molecule has 0 amide bonds. The molecule has 0 radical (unpaired) electrons. The molecule has 3 rings (SSSR count). The van der Waals surface area contributed by atoms with Gasteiger partial charge < -0.3 is 4.90 Å². The van der Waals surface area contributed by atoms with Crippen molar-refractivity contribution in [3.63, 3.8) is 0 Å². The van der Waals surface area contributed by atoms with Crippen LogP contribution in [0, 0.1) is 0 Å². The summed E-state index contributed by atoms with van der Waals surface area (Å²) < 4.78 is 1.03. The summed E-state index contributed by atoms with van der Waals surface area (Å²) in [4.78, 5) is 10.5. The zero-order chi connectivity index (χ0) is 16.4. The van der Waals surface area contributed by atoms with Crippen LogP contribution in [0.25, 0.3) is 10.6 Å². The third kappa shape index (κ3) is 3.68. The van der Waals surface area contributed by atoms with E-state index in [-0.39, 0.29) is 0 Å². The Morgan fingerprint density at radius 1 is 1.17 bits per heavy atom. The molecule has 118 valence electrons. The zero-order valence-electron chi connectivity index (χ0n) is 12.5. The molecule has 0 aliphatic carbocycles. The summed E-state index contributed by atoms with van der Waals surface area (Å²) in [6, 6.07) is 9.70. The van der Waals surface area contributed by atoms with Gasteiger partial charge in [0.2, 0.25) is 5.13 Å². The Labute approximate surface area is 151 Å². The van der Waals surface area contributed by atoms with E-state index in [4.69, 9.17) is 11.6 Å². The molecular weight excluding hydrogens is 398 g/mol. The van der Waals surface area contributed by atoms with Crippen LogP contribution in [0.15, 0.2) is 34.8 Å². The van der Waals surface area contributed by atoms with Crippen molar-refractivity contribution in [3.05, 3.63) is 45.8 Å². The standard InChI is InChI=1S/C15H13BrClN5S/c1-3-12-18-11(17)8-13(19-12)22(2)15-21-20-14(23-15)9-4-6-10(16)7-5-9/h4-8H,3H2,1-2H3. The lowest BCUT2D eigenvalue weighted by atomic mass is 10.2. The summed E-state index contributed by atoms with van der Waals surface area (Å²) in [5.74, 6) is 1.41. The molecule has 5 nitrogen and oxygen atoms in total. The summed E-state index contributed by atoms with van der Waals surface area (Å²) in [5.41, 5.74) is 1.03. The predicted octanol–water partition coefficient (Wildman–Crippen LogP) is 4.74. The van der Waals surface area contributed by atoms with Gasteiger partial charge in [0.1, 0.15) is 21.8 Å². The first-order valence-corrected chi connectivity index (χ1v) is 8.92. The third-order valence-electron chi connectivity index (χ3n) is 3.18. The van der Waals surface area contributed by atoms with Crippen LogP contribution in [-0.4, -0.2) is 27.2 Å². The molecule has 1 aromatic carbocycles. The maximum absolute atomic E-state index is 6.06. The van der Waals surface area contributed by atoms with Gasteiger partial charge in [-0.15, -0.1) is 10.2 Å². The smallest absolute Gasteiger partial charge is 0.213 e. The van der Waals surface area contributed by atoms with Crippen LogP contribution in [0.3, 0.4) is 0 Å². The van der Waals surface area contributed by atoms with Gasteiger partial charge in [-0.2, -0.15) is 0 Å². The number of nitrogens with zero attached hydrogens (tertiary/aromatic N) is 5. The fourth-order valence-corrected chi connectivity index (χ4v) is 3.22. The molecule has 0 spiro atoms. The Kier molecular flexibility index (Phi) is 4.89. The second kappa shape index (κ2) is 6.90. The maximum Gasteiger partial charge on any atom is 0.213 e. The number of halogens is 2. The highest BCUT2D eigenvalue weighted by Crippen LogP contribution is 2.32. The number of aromatic nitrogens is 4. The van der Waals surface area contributed by atoms with Gasteiger partial charge in [-0.1, -0.05) is 57.9 Å². The molecule has 0 unspecified atom stereocenters. The molecule has 2 aromatic heterocycles. The van der Waals surface area contributed by atoms with Gasteiger partial charge in [0.05, 0.1) is 0 Å². The van der Waals surface area contributed by atoms with Crippen LogP contribution < -0.4 is 4.90 Å². The Hall–Kier alpha value is -1.57. The van der Waals surface area contributed by atoms with E-state index in [2.05, 4.69) is 36.1 Å². The van der Waals surface area contributed by atoms with E-state index in [1.807, 2.05) is 43.1 Å². The molecule has 3 aromatic rings. The lowest BCUT2D eigenvalue weighted by Crippen LogP contribution is -2.12. The van der Waals surface area contributed by atoms with E-state index < -0.39 is 0 Å². The fraction of sp³-hybridized carbons (Fsp3) is 0.200. The Morgan fingerprint density at radius 3 is 2.61 bits per heavy atom. The summed E-state index contributed by atoms with van der Waals surface area (Å²) in [6.07, 6.45) is 0.724. The van der Waals surface area contributed by atoms with Gasteiger partial charge in [-0.05, 0) is 12.1 Å². The first-order valence-electron chi connectivity index (χ1n) is 6.93. The highest BCUT2D eigenvalue weighted by Gasteiger charge is 2.14. The highest BCUT2D eigenvalue weighted by molar-refractivity contribution is 9.10. The molecule has 0 aliphatic heterocycles. The summed E-state index contributed by atoms with van der Waals surface area (Å²) >= 11 is 11.0. The van der Waals surface area contributed by atoms with Gasteiger partial charge >= 0.3 is 0 Å². The molecule has 0 fully saturated rings. The van der Waals surface area contributed by atoms with Gasteiger partial charge in [0.15, 0.2) is 0 Å². The average molecular weight is 411 g/mol. The summed E-state index contributed by atoms with van der Waals surface area (Å²) in [5, 5.41) is 10.6. The SMILES string of the molecule is CCc1nc(Cl)cc(N(C)c2nnc(-c3ccc(Br)cc3)s2)n1. The molecule has 0 aliphatic rings. The molecule has 0 saturated carbocycles. The average Bonchev–Trinajstić information content (AvgIpc) is 3.04. The zero-order valence-corrected chi connectivity index (χ0v) is 15.7. The van der Waals surface area contributed by atoms with Crippen molar-refractivity contribution < 1.29 is 0 Å². The molecule has 2 heterocycles. The Bertz CT molecular complexity index is 821. The lowest BCUT2D eigenvalue weighted by molar-refractivity contribution is 0.920. The minimum atomic E-state index is 0.427. The summed E-state index contributed by atoms with van der Waals surface area (Å²) in [6.45, 7) is 1.99. The van der Waals surface area contributed by atoms with Gasteiger partial charge in [0.25, 0.3) is 0 Å².